The van der Waals surface area contributed by atoms with E-state index >= 15 is 0 Å². The molecular weight excluding hydrogens is 200 g/mol. The van der Waals surface area contributed by atoms with E-state index in [2.05, 4.69) is 43.6 Å². The number of nitrogens with one attached hydrogen (secondary N) is 2. The smallest absolute Gasteiger partial charge is 0.0713 e. The van der Waals surface area contributed by atoms with Gasteiger partial charge in [-0.15, -0.1) is 0 Å². The molecule has 0 heterocycles. The van der Waals surface area contributed by atoms with Crippen molar-refractivity contribution in [1.29, 1.82) is 0 Å². The maximum Gasteiger partial charge on any atom is 0.0713 e. The first-order valence-corrected chi connectivity index (χ1v) is 6.62. The molecule has 2 N–H and O–H groups in total. The molecule has 0 saturated heterocycles. The summed E-state index contributed by atoms with van der Waals surface area (Å²) in [5.41, 5.74) is 6.42. The van der Waals surface area contributed by atoms with Crippen LogP contribution in [-0.2, 0) is 0 Å². The lowest BCUT2D eigenvalue weighted by Crippen LogP contribution is -2.54. The molecule has 0 aliphatic heterocycles. The van der Waals surface area contributed by atoms with Gasteiger partial charge in [0.1, 0.15) is 0 Å². The molecule has 4 heteroatoms. The number of rotatable bonds is 8. The van der Waals surface area contributed by atoms with Gasteiger partial charge in [0.25, 0.3) is 0 Å². The van der Waals surface area contributed by atoms with Crippen molar-refractivity contribution in [3.63, 3.8) is 0 Å². The second kappa shape index (κ2) is 12.9. The summed E-state index contributed by atoms with van der Waals surface area (Å²) in [7, 11) is 2.02. The highest BCUT2D eigenvalue weighted by Crippen LogP contribution is 1.95. The molecule has 1 unspecified atom stereocenters. The zero-order valence-electron chi connectivity index (χ0n) is 12.3. The van der Waals surface area contributed by atoms with Gasteiger partial charge in [-0.25, -0.2) is 10.4 Å². The predicted octanol–water partition coefficient (Wildman–Crippen LogP) is 2.05. The maximum atomic E-state index is 3.27. The summed E-state index contributed by atoms with van der Waals surface area (Å²) in [6.45, 7) is 15.9. The van der Waals surface area contributed by atoms with E-state index < -0.39 is 0 Å². The Bertz CT molecular complexity index is 130. The first-order valence-electron chi connectivity index (χ1n) is 6.62. The van der Waals surface area contributed by atoms with Gasteiger partial charge in [-0.1, -0.05) is 34.6 Å². The van der Waals surface area contributed by atoms with Crippen LogP contribution in [0.4, 0.5) is 0 Å². The molecule has 0 radical (unpaired) electrons. The Labute approximate surface area is 102 Å². The molecule has 0 amide bonds. The largest absolute Gasteiger partial charge is 0.288 e. The summed E-state index contributed by atoms with van der Waals surface area (Å²) in [5.74, 6) is 0. The molecule has 0 aromatic heterocycles. The zero-order valence-corrected chi connectivity index (χ0v) is 12.3. The molecule has 16 heavy (non-hydrogen) atoms. The second-order valence-corrected chi connectivity index (χ2v) is 3.57. The van der Waals surface area contributed by atoms with Crippen molar-refractivity contribution in [2.24, 2.45) is 0 Å². The first kappa shape index (κ1) is 18.2. The van der Waals surface area contributed by atoms with Gasteiger partial charge in [-0.05, 0) is 26.4 Å². The van der Waals surface area contributed by atoms with Crippen LogP contribution in [0, 0.1) is 0 Å². The molecule has 0 spiro atoms. The molecule has 0 aliphatic rings. The fourth-order valence-corrected chi connectivity index (χ4v) is 1.29. The maximum absolute atomic E-state index is 3.27. The number of hydrogen-bond acceptors (Lipinski definition) is 4. The molecule has 0 saturated carbocycles. The highest BCUT2D eigenvalue weighted by molar-refractivity contribution is 4.60. The minimum Gasteiger partial charge on any atom is -0.288 e. The lowest BCUT2D eigenvalue weighted by Gasteiger charge is -2.30. The van der Waals surface area contributed by atoms with Crippen LogP contribution in [0.15, 0.2) is 0 Å². The van der Waals surface area contributed by atoms with E-state index in [0.717, 1.165) is 19.6 Å². The molecule has 0 aliphatic carbocycles. The molecular formula is C12H32N4. The van der Waals surface area contributed by atoms with Gasteiger partial charge >= 0.3 is 0 Å². The lowest BCUT2D eigenvalue weighted by molar-refractivity contribution is 0.109. The van der Waals surface area contributed by atoms with Crippen molar-refractivity contribution in [2.45, 2.75) is 54.1 Å². The van der Waals surface area contributed by atoms with Crippen LogP contribution >= 0.6 is 0 Å². The van der Waals surface area contributed by atoms with E-state index in [4.69, 9.17) is 0 Å². The molecule has 0 bridgehead atoms. The monoisotopic (exact) mass is 232 g/mol. The minimum absolute atomic E-state index is 0.369. The normalized spacial score (nSPS) is 12.6. The number of hydrogen-bond donors (Lipinski definition) is 2. The third-order valence-corrected chi connectivity index (χ3v) is 2.40. The van der Waals surface area contributed by atoms with Crippen LogP contribution < -0.4 is 11.0 Å². The highest BCUT2D eigenvalue weighted by Gasteiger charge is 2.09. The number of nitrogens with zero attached hydrogens (tertiary/aromatic N) is 2. The Kier molecular flexibility index (Phi) is 14.7. The average molecular weight is 232 g/mol. The van der Waals surface area contributed by atoms with Crippen LogP contribution in [0.5, 0.6) is 0 Å². The van der Waals surface area contributed by atoms with Gasteiger partial charge in [0.05, 0.1) is 6.17 Å². The summed E-state index contributed by atoms with van der Waals surface area (Å²) >= 11 is 0. The Morgan fingerprint density at radius 3 is 2.00 bits per heavy atom. The van der Waals surface area contributed by atoms with Gasteiger partial charge in [-0.3, -0.25) is 4.90 Å². The quantitative estimate of drug-likeness (QED) is 0.495. The van der Waals surface area contributed by atoms with Gasteiger partial charge < -0.3 is 0 Å². The molecule has 0 aromatic carbocycles. The van der Waals surface area contributed by atoms with E-state index in [0.29, 0.717) is 6.17 Å². The molecule has 100 valence electrons. The highest BCUT2D eigenvalue weighted by atomic mass is 15.7. The fraction of sp³-hybridized carbons (Fsp3) is 1.00. The summed E-state index contributed by atoms with van der Waals surface area (Å²) in [6.07, 6.45) is 1.57. The van der Waals surface area contributed by atoms with Crippen molar-refractivity contribution in [3.8, 4) is 0 Å². The summed E-state index contributed by atoms with van der Waals surface area (Å²) in [4.78, 5) is 2.40. The Balaban J connectivity index is 0. The van der Waals surface area contributed by atoms with Gasteiger partial charge in [-0.2, -0.15) is 5.53 Å². The standard InChI is InChI=1S/C10H26N4.C2H6/c1-6-9-14(8-3)10(4)11-12-13(5)7-2;1-2/h10-12H,6-9H2,1-5H3;1-2H3. The Hall–Kier alpha value is -0.160. The molecule has 0 fully saturated rings. The van der Waals surface area contributed by atoms with E-state index in [1.807, 2.05) is 25.9 Å². The Morgan fingerprint density at radius 1 is 1.06 bits per heavy atom. The van der Waals surface area contributed by atoms with Crippen molar-refractivity contribution < 1.29 is 0 Å². The Morgan fingerprint density at radius 2 is 1.62 bits per heavy atom. The van der Waals surface area contributed by atoms with Crippen molar-refractivity contribution in [2.75, 3.05) is 26.7 Å². The van der Waals surface area contributed by atoms with E-state index in [1.54, 1.807) is 0 Å². The lowest BCUT2D eigenvalue weighted by atomic mass is 10.4. The van der Waals surface area contributed by atoms with E-state index in [9.17, 15) is 0 Å². The average Bonchev–Trinajstić information content (AvgIpc) is 2.34. The van der Waals surface area contributed by atoms with Crippen LogP contribution in [0.2, 0.25) is 0 Å². The van der Waals surface area contributed by atoms with Crippen molar-refractivity contribution in [1.82, 2.24) is 20.9 Å². The molecule has 0 aromatic rings. The second-order valence-electron chi connectivity index (χ2n) is 3.57. The van der Waals surface area contributed by atoms with Crippen LogP contribution in [0.25, 0.3) is 0 Å². The summed E-state index contributed by atoms with van der Waals surface area (Å²) < 4.78 is 0. The van der Waals surface area contributed by atoms with Crippen LogP contribution in [0.1, 0.15) is 48.0 Å². The van der Waals surface area contributed by atoms with Crippen LogP contribution in [0.3, 0.4) is 0 Å². The van der Waals surface area contributed by atoms with Gasteiger partial charge in [0, 0.05) is 13.6 Å². The fourth-order valence-electron chi connectivity index (χ4n) is 1.29. The van der Waals surface area contributed by atoms with E-state index in [-0.39, 0.29) is 0 Å². The predicted molar refractivity (Wildman–Crippen MR) is 72.9 cm³/mol. The SMILES string of the molecule is CC.CCCN(CC)C(C)NNN(C)CC. The molecule has 0 rings (SSSR count). The topological polar surface area (TPSA) is 30.5 Å². The number of hydrazine groups is 2. The van der Waals surface area contributed by atoms with Crippen molar-refractivity contribution in [3.05, 3.63) is 0 Å². The molecule has 4 nitrogen and oxygen atoms in total. The zero-order chi connectivity index (χ0) is 13.0. The third-order valence-electron chi connectivity index (χ3n) is 2.40. The van der Waals surface area contributed by atoms with E-state index in [1.165, 1.54) is 6.42 Å². The minimum atomic E-state index is 0.369. The first-order chi connectivity index (χ1) is 7.65. The molecule has 1 atom stereocenters. The van der Waals surface area contributed by atoms with Gasteiger partial charge in [0.15, 0.2) is 0 Å². The van der Waals surface area contributed by atoms with Gasteiger partial charge in [0.2, 0.25) is 0 Å². The third kappa shape index (κ3) is 9.09. The van der Waals surface area contributed by atoms with Crippen LogP contribution in [-0.4, -0.2) is 42.8 Å². The summed E-state index contributed by atoms with van der Waals surface area (Å²) in [6, 6.07) is 0. The summed E-state index contributed by atoms with van der Waals surface area (Å²) in [5, 5.41) is 2.02. The van der Waals surface area contributed by atoms with Crippen molar-refractivity contribution >= 4 is 0 Å².